The molecule has 1 heterocycles. The van der Waals surface area contributed by atoms with Gasteiger partial charge in [0.1, 0.15) is 12.4 Å². The van der Waals surface area contributed by atoms with Crippen LogP contribution in [-0.4, -0.2) is 37.1 Å². The topological polar surface area (TPSA) is 64.8 Å². The molecule has 6 heteroatoms. The lowest BCUT2D eigenvalue weighted by atomic mass is 10.1. The highest BCUT2D eigenvalue weighted by molar-refractivity contribution is 5.94. The number of carbonyl (C=O) groups excluding carboxylic acids is 1. The summed E-state index contributed by atoms with van der Waals surface area (Å²) in [5.74, 6) is 0.738. The third-order valence-corrected chi connectivity index (χ3v) is 4.06. The summed E-state index contributed by atoms with van der Waals surface area (Å²) in [6.07, 6.45) is 0. The van der Waals surface area contributed by atoms with Gasteiger partial charge in [-0.2, -0.15) is 0 Å². The normalized spacial score (nSPS) is 13.9. The molecule has 0 saturated carbocycles. The maximum Gasteiger partial charge on any atom is 0.254 e. The van der Waals surface area contributed by atoms with Gasteiger partial charge in [-0.15, -0.1) is 12.4 Å². The summed E-state index contributed by atoms with van der Waals surface area (Å²) in [4.78, 5) is 14.4. The Morgan fingerprint density at radius 2 is 1.84 bits per heavy atom. The molecule has 1 aliphatic rings. The second-order valence-corrected chi connectivity index (χ2v) is 5.71. The summed E-state index contributed by atoms with van der Waals surface area (Å²) in [7, 11) is 0. The van der Waals surface area contributed by atoms with Crippen LogP contribution in [0.5, 0.6) is 5.75 Å². The van der Waals surface area contributed by atoms with Crippen LogP contribution in [0.4, 0.5) is 0 Å². The molecule has 5 nitrogen and oxygen atoms in total. The van der Waals surface area contributed by atoms with E-state index >= 15 is 0 Å². The number of benzene rings is 2. The van der Waals surface area contributed by atoms with Crippen LogP contribution in [-0.2, 0) is 17.9 Å². The molecule has 1 amide bonds. The number of rotatable bonds is 5. The zero-order chi connectivity index (χ0) is 16.8. The van der Waals surface area contributed by atoms with E-state index in [2.05, 4.69) is 0 Å². The number of amides is 1. The molecular formula is C19H23ClN2O3. The first-order valence-corrected chi connectivity index (χ1v) is 8.14. The fraction of sp³-hybridized carbons (Fsp3) is 0.316. The number of ether oxygens (including phenoxy) is 2. The zero-order valence-electron chi connectivity index (χ0n) is 14.0. The standard InChI is InChI=1S/C19H22N2O3.ClH/c20-13-17-12-16(19(22)21-8-10-23-11-9-21)6-7-18(17)24-14-15-4-2-1-3-5-15;/h1-7,12H,8-11,13-14,20H2;1H. The first-order chi connectivity index (χ1) is 11.8. The van der Waals surface area contributed by atoms with Crippen LogP contribution in [0.15, 0.2) is 48.5 Å². The fourth-order valence-corrected chi connectivity index (χ4v) is 2.70. The SMILES string of the molecule is Cl.NCc1cc(C(=O)N2CCOCC2)ccc1OCc1ccccc1. The lowest BCUT2D eigenvalue weighted by Gasteiger charge is -2.27. The summed E-state index contributed by atoms with van der Waals surface area (Å²) in [5.41, 5.74) is 8.41. The van der Waals surface area contributed by atoms with Gasteiger partial charge in [-0.3, -0.25) is 4.79 Å². The number of nitrogens with two attached hydrogens (primary N) is 1. The van der Waals surface area contributed by atoms with Crippen LogP contribution >= 0.6 is 12.4 Å². The van der Waals surface area contributed by atoms with Crippen LogP contribution in [0, 0.1) is 0 Å². The van der Waals surface area contributed by atoms with Crippen molar-refractivity contribution < 1.29 is 14.3 Å². The van der Waals surface area contributed by atoms with Crippen molar-refractivity contribution >= 4 is 18.3 Å². The maximum absolute atomic E-state index is 12.5. The van der Waals surface area contributed by atoms with E-state index in [9.17, 15) is 4.79 Å². The molecule has 2 aromatic rings. The molecule has 1 saturated heterocycles. The second kappa shape index (κ2) is 9.42. The molecule has 2 aromatic carbocycles. The first kappa shape index (κ1) is 19.2. The van der Waals surface area contributed by atoms with E-state index in [-0.39, 0.29) is 18.3 Å². The first-order valence-electron chi connectivity index (χ1n) is 8.14. The Balaban J connectivity index is 0.00000225. The van der Waals surface area contributed by atoms with Crippen LogP contribution in [0.2, 0.25) is 0 Å². The van der Waals surface area contributed by atoms with Gasteiger partial charge in [0.05, 0.1) is 13.2 Å². The van der Waals surface area contributed by atoms with Gasteiger partial charge >= 0.3 is 0 Å². The highest BCUT2D eigenvalue weighted by atomic mass is 35.5. The molecular weight excluding hydrogens is 340 g/mol. The average Bonchev–Trinajstić information content (AvgIpc) is 2.67. The fourth-order valence-electron chi connectivity index (χ4n) is 2.70. The summed E-state index contributed by atoms with van der Waals surface area (Å²) in [6, 6.07) is 15.4. The van der Waals surface area contributed by atoms with E-state index in [0.717, 1.165) is 16.9 Å². The predicted octanol–water partition coefficient (Wildman–Crippen LogP) is 2.62. The summed E-state index contributed by atoms with van der Waals surface area (Å²) in [5, 5.41) is 0. The number of halogens is 1. The van der Waals surface area contributed by atoms with Crippen molar-refractivity contribution in [3.8, 4) is 5.75 Å². The molecule has 1 aliphatic heterocycles. The highest BCUT2D eigenvalue weighted by Crippen LogP contribution is 2.22. The average molecular weight is 363 g/mol. The Labute approximate surface area is 154 Å². The van der Waals surface area contributed by atoms with Crippen LogP contribution in [0.25, 0.3) is 0 Å². The molecule has 0 bridgehead atoms. The van der Waals surface area contributed by atoms with Crippen LogP contribution in [0.1, 0.15) is 21.5 Å². The third kappa shape index (κ3) is 4.95. The van der Waals surface area contributed by atoms with E-state index in [1.54, 1.807) is 6.07 Å². The van der Waals surface area contributed by atoms with Crippen molar-refractivity contribution in [2.45, 2.75) is 13.2 Å². The van der Waals surface area contributed by atoms with Crippen molar-refractivity contribution in [2.24, 2.45) is 5.73 Å². The van der Waals surface area contributed by atoms with E-state index in [0.29, 0.717) is 45.0 Å². The van der Waals surface area contributed by atoms with E-state index in [1.807, 2.05) is 47.4 Å². The molecule has 0 unspecified atom stereocenters. The Bertz CT molecular complexity index is 688. The van der Waals surface area contributed by atoms with Crippen molar-refractivity contribution in [3.63, 3.8) is 0 Å². The van der Waals surface area contributed by atoms with Crippen molar-refractivity contribution in [2.75, 3.05) is 26.3 Å². The Morgan fingerprint density at radius 3 is 2.52 bits per heavy atom. The molecule has 0 aromatic heterocycles. The van der Waals surface area contributed by atoms with Gasteiger partial charge in [0.25, 0.3) is 5.91 Å². The van der Waals surface area contributed by atoms with Crippen LogP contribution < -0.4 is 10.5 Å². The smallest absolute Gasteiger partial charge is 0.254 e. The number of hydrogen-bond acceptors (Lipinski definition) is 4. The number of hydrogen-bond donors (Lipinski definition) is 1. The van der Waals surface area contributed by atoms with Crippen molar-refractivity contribution in [1.82, 2.24) is 4.90 Å². The quantitative estimate of drug-likeness (QED) is 0.888. The summed E-state index contributed by atoms with van der Waals surface area (Å²) >= 11 is 0. The Hall–Kier alpha value is -2.08. The van der Waals surface area contributed by atoms with E-state index in [4.69, 9.17) is 15.2 Å². The Kier molecular flexibility index (Phi) is 7.25. The highest BCUT2D eigenvalue weighted by Gasteiger charge is 2.19. The zero-order valence-corrected chi connectivity index (χ0v) is 14.8. The molecule has 0 aliphatic carbocycles. The summed E-state index contributed by atoms with van der Waals surface area (Å²) in [6.45, 7) is 3.24. The molecule has 3 rings (SSSR count). The molecule has 1 fully saturated rings. The number of morpholine rings is 1. The monoisotopic (exact) mass is 362 g/mol. The maximum atomic E-state index is 12.5. The Morgan fingerprint density at radius 1 is 1.12 bits per heavy atom. The van der Waals surface area contributed by atoms with Gasteiger partial charge in [-0.25, -0.2) is 0 Å². The molecule has 2 N–H and O–H groups in total. The van der Waals surface area contributed by atoms with Crippen molar-refractivity contribution in [1.29, 1.82) is 0 Å². The minimum atomic E-state index is 0. The predicted molar refractivity (Wildman–Crippen MR) is 99.1 cm³/mol. The molecule has 25 heavy (non-hydrogen) atoms. The summed E-state index contributed by atoms with van der Waals surface area (Å²) < 4.78 is 11.2. The van der Waals surface area contributed by atoms with Crippen LogP contribution in [0.3, 0.4) is 0 Å². The molecule has 0 spiro atoms. The second-order valence-electron chi connectivity index (χ2n) is 5.71. The minimum Gasteiger partial charge on any atom is -0.489 e. The number of carbonyl (C=O) groups is 1. The number of nitrogens with zero attached hydrogens (tertiary/aromatic N) is 1. The minimum absolute atomic E-state index is 0. The van der Waals surface area contributed by atoms with Gasteiger partial charge in [-0.1, -0.05) is 30.3 Å². The molecule has 134 valence electrons. The van der Waals surface area contributed by atoms with E-state index < -0.39 is 0 Å². The van der Waals surface area contributed by atoms with Gasteiger partial charge in [0.2, 0.25) is 0 Å². The largest absolute Gasteiger partial charge is 0.489 e. The van der Waals surface area contributed by atoms with Crippen molar-refractivity contribution in [3.05, 3.63) is 65.2 Å². The molecule has 0 atom stereocenters. The third-order valence-electron chi connectivity index (χ3n) is 4.06. The molecule has 0 radical (unpaired) electrons. The van der Waals surface area contributed by atoms with Gasteiger partial charge in [0.15, 0.2) is 0 Å². The van der Waals surface area contributed by atoms with E-state index in [1.165, 1.54) is 0 Å². The van der Waals surface area contributed by atoms with Gasteiger partial charge in [0, 0.05) is 30.8 Å². The lowest BCUT2D eigenvalue weighted by Crippen LogP contribution is -2.40. The van der Waals surface area contributed by atoms with Gasteiger partial charge in [-0.05, 0) is 23.8 Å². The lowest BCUT2D eigenvalue weighted by molar-refractivity contribution is 0.0303. The van der Waals surface area contributed by atoms with Gasteiger partial charge < -0.3 is 20.1 Å².